The summed E-state index contributed by atoms with van der Waals surface area (Å²) in [5.41, 5.74) is 3.33. The van der Waals surface area contributed by atoms with Crippen molar-refractivity contribution in [3.63, 3.8) is 0 Å². The predicted molar refractivity (Wildman–Crippen MR) is 62.9 cm³/mol. The minimum absolute atomic E-state index is 0.0766. The Morgan fingerprint density at radius 3 is 3.18 bits per heavy atom. The van der Waals surface area contributed by atoms with Crippen LogP contribution in [0.5, 0.6) is 5.88 Å². The molecular weight excluding hydrogens is 218 g/mol. The number of aliphatic hydroxyl groups is 1. The molecule has 0 radical (unpaired) electrons. The van der Waals surface area contributed by atoms with Gasteiger partial charge in [-0.2, -0.15) is 5.10 Å². The van der Waals surface area contributed by atoms with Crippen molar-refractivity contribution in [2.75, 3.05) is 26.8 Å². The minimum atomic E-state index is 0.0766. The molecule has 0 saturated carbocycles. The summed E-state index contributed by atoms with van der Waals surface area (Å²) < 4.78 is 7.64. The molecule has 3 heterocycles. The van der Waals surface area contributed by atoms with E-state index in [2.05, 4.69) is 17.0 Å². The Bertz CT molecular complexity index is 465. The Morgan fingerprint density at radius 1 is 1.47 bits per heavy atom. The molecule has 0 fully saturated rings. The van der Waals surface area contributed by atoms with Gasteiger partial charge >= 0.3 is 0 Å². The van der Waals surface area contributed by atoms with Gasteiger partial charge in [-0.25, -0.2) is 4.68 Å². The predicted octanol–water partition coefficient (Wildman–Crippen LogP) is 0.182. The fraction of sp³-hybridized carbons (Fsp3) is 0.583. The number of hydrogen-bond donors (Lipinski definition) is 1. The summed E-state index contributed by atoms with van der Waals surface area (Å²) in [5, 5.41) is 13.8. The van der Waals surface area contributed by atoms with Crippen molar-refractivity contribution in [1.29, 1.82) is 0 Å². The van der Waals surface area contributed by atoms with E-state index in [0.717, 1.165) is 36.7 Å². The third-order valence-electron chi connectivity index (χ3n) is 3.39. The first kappa shape index (κ1) is 10.8. The highest BCUT2D eigenvalue weighted by Crippen LogP contribution is 2.29. The van der Waals surface area contributed by atoms with Crippen LogP contribution >= 0.6 is 0 Å². The summed E-state index contributed by atoms with van der Waals surface area (Å²) in [7, 11) is 2.11. The Morgan fingerprint density at radius 2 is 2.35 bits per heavy atom. The maximum absolute atomic E-state index is 9.21. The Hall–Kier alpha value is -1.33. The van der Waals surface area contributed by atoms with Gasteiger partial charge in [-0.1, -0.05) is 0 Å². The van der Waals surface area contributed by atoms with E-state index in [1.54, 1.807) is 0 Å². The maximum Gasteiger partial charge on any atom is 0.217 e. The van der Waals surface area contributed by atoms with Gasteiger partial charge in [0.05, 0.1) is 24.4 Å². The highest BCUT2D eigenvalue weighted by molar-refractivity contribution is 5.35. The lowest BCUT2D eigenvalue weighted by Gasteiger charge is -2.21. The van der Waals surface area contributed by atoms with Crippen molar-refractivity contribution in [2.45, 2.75) is 19.5 Å². The van der Waals surface area contributed by atoms with Crippen LogP contribution in [0.3, 0.4) is 0 Å². The zero-order chi connectivity index (χ0) is 11.8. The summed E-state index contributed by atoms with van der Waals surface area (Å²) >= 11 is 0. The van der Waals surface area contributed by atoms with Crippen LogP contribution in [-0.2, 0) is 19.5 Å². The normalized spacial score (nSPS) is 20.0. The van der Waals surface area contributed by atoms with Gasteiger partial charge in [-0.15, -0.1) is 0 Å². The molecular formula is C12H17N3O2. The van der Waals surface area contributed by atoms with Crippen LogP contribution in [0.25, 0.3) is 0 Å². The molecule has 2 aliphatic rings. The van der Waals surface area contributed by atoms with Gasteiger partial charge in [0, 0.05) is 19.5 Å². The molecule has 0 aliphatic carbocycles. The third kappa shape index (κ3) is 1.85. The summed E-state index contributed by atoms with van der Waals surface area (Å²) in [5.74, 6) is 0.881. The smallest absolute Gasteiger partial charge is 0.217 e. The van der Waals surface area contributed by atoms with Gasteiger partial charge in [-0.3, -0.25) is 0 Å². The second-order valence-electron chi connectivity index (χ2n) is 4.71. The summed E-state index contributed by atoms with van der Waals surface area (Å²) in [6.45, 7) is 3.19. The minimum Gasteiger partial charge on any atom is -0.473 e. The molecule has 0 spiro atoms. The maximum atomic E-state index is 9.21. The summed E-state index contributed by atoms with van der Waals surface area (Å²) in [6, 6.07) is 0. The van der Waals surface area contributed by atoms with E-state index in [-0.39, 0.29) is 6.61 Å². The molecule has 3 rings (SSSR count). The van der Waals surface area contributed by atoms with Crippen molar-refractivity contribution < 1.29 is 9.84 Å². The summed E-state index contributed by atoms with van der Waals surface area (Å²) in [6.07, 6.45) is 2.92. The first-order chi connectivity index (χ1) is 8.28. The highest BCUT2D eigenvalue weighted by Gasteiger charge is 2.25. The molecule has 0 amide bonds. The quantitative estimate of drug-likeness (QED) is 0.706. The van der Waals surface area contributed by atoms with Crippen molar-refractivity contribution >= 4 is 0 Å². The second kappa shape index (κ2) is 4.16. The molecule has 5 heteroatoms. The molecule has 1 aromatic rings. The van der Waals surface area contributed by atoms with Crippen LogP contribution in [0, 0.1) is 0 Å². The lowest BCUT2D eigenvalue weighted by atomic mass is 10.1. The van der Waals surface area contributed by atoms with Gasteiger partial charge < -0.3 is 14.7 Å². The molecule has 17 heavy (non-hydrogen) atoms. The zero-order valence-electron chi connectivity index (χ0n) is 10.0. The first-order valence-corrected chi connectivity index (χ1v) is 5.96. The monoisotopic (exact) mass is 235 g/mol. The number of nitrogens with zero attached hydrogens (tertiary/aromatic N) is 3. The molecule has 0 atom stereocenters. The number of aliphatic hydroxyl groups excluding tert-OH is 1. The van der Waals surface area contributed by atoms with E-state index < -0.39 is 0 Å². The van der Waals surface area contributed by atoms with Gasteiger partial charge in [0.2, 0.25) is 5.88 Å². The zero-order valence-corrected chi connectivity index (χ0v) is 10.0. The second-order valence-corrected chi connectivity index (χ2v) is 4.71. The topological polar surface area (TPSA) is 50.5 Å². The van der Waals surface area contributed by atoms with Crippen molar-refractivity contribution in [1.82, 2.24) is 14.7 Å². The number of likely N-dealkylation sites (N-methyl/N-ethyl adjacent to an activating group) is 1. The van der Waals surface area contributed by atoms with E-state index in [0.29, 0.717) is 13.2 Å². The Kier molecular flexibility index (Phi) is 2.64. The van der Waals surface area contributed by atoms with E-state index in [4.69, 9.17) is 4.74 Å². The van der Waals surface area contributed by atoms with E-state index in [9.17, 15) is 5.11 Å². The van der Waals surface area contributed by atoms with Crippen molar-refractivity contribution in [2.24, 2.45) is 0 Å². The number of hydrogen-bond acceptors (Lipinski definition) is 4. The molecule has 0 bridgehead atoms. The number of ether oxygens (including phenoxy) is 1. The van der Waals surface area contributed by atoms with Crippen LogP contribution in [-0.4, -0.2) is 46.6 Å². The van der Waals surface area contributed by atoms with Gasteiger partial charge in [0.15, 0.2) is 0 Å². The lowest BCUT2D eigenvalue weighted by Crippen LogP contribution is -2.26. The average Bonchev–Trinajstić information content (AvgIpc) is 2.54. The molecule has 0 unspecified atom stereocenters. The van der Waals surface area contributed by atoms with Crippen molar-refractivity contribution in [3.8, 4) is 5.88 Å². The van der Waals surface area contributed by atoms with Crippen molar-refractivity contribution in [3.05, 3.63) is 22.9 Å². The molecule has 5 nitrogen and oxygen atoms in total. The largest absolute Gasteiger partial charge is 0.473 e. The molecule has 0 saturated heterocycles. The molecule has 1 N–H and O–H groups in total. The highest BCUT2D eigenvalue weighted by atomic mass is 16.5. The summed E-state index contributed by atoms with van der Waals surface area (Å²) in [4.78, 5) is 2.28. The SMILES string of the molecule is CN1CCc2nn3c(c2C1)OCC=C(CO)C3. The lowest BCUT2D eigenvalue weighted by molar-refractivity contribution is 0.292. The molecule has 0 aromatic carbocycles. The van der Waals surface area contributed by atoms with Gasteiger partial charge in [0.1, 0.15) is 6.61 Å². The van der Waals surface area contributed by atoms with Crippen LogP contribution in [0.15, 0.2) is 11.6 Å². The Labute approximate surface area is 100 Å². The van der Waals surface area contributed by atoms with E-state index in [1.807, 2.05) is 10.8 Å². The van der Waals surface area contributed by atoms with E-state index >= 15 is 0 Å². The first-order valence-electron chi connectivity index (χ1n) is 5.96. The van der Waals surface area contributed by atoms with E-state index in [1.165, 1.54) is 5.56 Å². The average molecular weight is 235 g/mol. The number of rotatable bonds is 1. The van der Waals surface area contributed by atoms with Crippen LogP contribution < -0.4 is 4.74 Å². The van der Waals surface area contributed by atoms with Crippen LogP contribution in [0.1, 0.15) is 11.3 Å². The third-order valence-corrected chi connectivity index (χ3v) is 3.39. The standard InChI is InChI=1S/C12H17N3O2/c1-14-4-2-11-10(7-14)12-15(13-11)6-9(8-16)3-5-17-12/h3,16H,2,4-8H2,1H3. The number of aromatic nitrogens is 2. The van der Waals surface area contributed by atoms with Gasteiger partial charge in [0.25, 0.3) is 0 Å². The Balaban J connectivity index is 1.97. The molecule has 1 aromatic heterocycles. The van der Waals surface area contributed by atoms with Gasteiger partial charge in [-0.05, 0) is 18.7 Å². The van der Waals surface area contributed by atoms with Crippen LogP contribution in [0.4, 0.5) is 0 Å². The number of fused-ring (bicyclic) bond motifs is 3. The fourth-order valence-corrected chi connectivity index (χ4v) is 2.41. The molecule has 2 aliphatic heterocycles. The fourth-order valence-electron chi connectivity index (χ4n) is 2.41. The molecule has 92 valence electrons. The van der Waals surface area contributed by atoms with Crippen LogP contribution in [0.2, 0.25) is 0 Å².